The second-order valence-corrected chi connectivity index (χ2v) is 6.40. The summed E-state index contributed by atoms with van der Waals surface area (Å²) in [7, 11) is 0. The van der Waals surface area contributed by atoms with Crippen LogP contribution in [0.4, 0.5) is 5.13 Å². The number of carboxylic acid groups (broad SMARTS) is 1. The van der Waals surface area contributed by atoms with Gasteiger partial charge in [-0.05, 0) is 30.5 Å². The number of nitrogens with zero attached hydrogens (tertiary/aromatic N) is 1. The van der Waals surface area contributed by atoms with E-state index in [0.717, 1.165) is 20.9 Å². The van der Waals surface area contributed by atoms with E-state index in [0.29, 0.717) is 6.04 Å². The van der Waals surface area contributed by atoms with Crippen LogP contribution in [-0.4, -0.2) is 22.1 Å². The highest BCUT2D eigenvalue weighted by molar-refractivity contribution is 7.22. The Labute approximate surface area is 121 Å². The molecule has 1 fully saturated rings. The first-order valence-corrected chi connectivity index (χ1v) is 7.90. The highest BCUT2D eigenvalue weighted by Crippen LogP contribution is 2.29. The molecule has 3 rings (SSSR count). The summed E-state index contributed by atoms with van der Waals surface area (Å²) >= 11 is 1.62. The number of benzene rings is 1. The fraction of sp³-hybridized carbons (Fsp3) is 0.467. The van der Waals surface area contributed by atoms with Crippen LogP contribution in [0.1, 0.15) is 37.7 Å². The molecule has 5 heteroatoms. The summed E-state index contributed by atoms with van der Waals surface area (Å²) in [5.74, 6) is -0.797. The fourth-order valence-corrected chi connectivity index (χ4v) is 3.74. The van der Waals surface area contributed by atoms with Crippen molar-refractivity contribution < 1.29 is 9.90 Å². The zero-order valence-corrected chi connectivity index (χ0v) is 12.1. The number of anilines is 1. The van der Waals surface area contributed by atoms with Crippen molar-refractivity contribution in [2.45, 2.75) is 44.6 Å². The third-order valence-corrected chi connectivity index (χ3v) is 4.69. The first kappa shape index (κ1) is 13.4. The number of aliphatic carboxylic acids is 1. The van der Waals surface area contributed by atoms with Crippen LogP contribution in [-0.2, 0) is 11.2 Å². The lowest BCUT2D eigenvalue weighted by Gasteiger charge is -2.22. The quantitative estimate of drug-likeness (QED) is 0.902. The molecule has 1 aromatic heterocycles. The second kappa shape index (κ2) is 5.79. The Balaban J connectivity index is 1.77. The van der Waals surface area contributed by atoms with Crippen LogP contribution in [0.2, 0.25) is 0 Å². The van der Waals surface area contributed by atoms with Crippen LogP contribution >= 0.6 is 11.3 Å². The highest BCUT2D eigenvalue weighted by atomic mass is 32.1. The molecule has 1 saturated carbocycles. The standard InChI is InChI=1S/C15H18N2O2S/c18-14(19)9-10-6-7-12-13(8-10)20-15(17-12)16-11-4-2-1-3-5-11/h6-8,11H,1-5,9H2,(H,16,17)(H,18,19). The maximum atomic E-state index is 10.7. The Morgan fingerprint density at radius 1 is 1.35 bits per heavy atom. The summed E-state index contributed by atoms with van der Waals surface area (Å²) in [4.78, 5) is 15.3. The van der Waals surface area contributed by atoms with Gasteiger partial charge in [0.2, 0.25) is 0 Å². The average Bonchev–Trinajstić information content (AvgIpc) is 2.80. The van der Waals surface area contributed by atoms with E-state index in [1.165, 1.54) is 32.1 Å². The summed E-state index contributed by atoms with van der Waals surface area (Å²) in [5, 5.41) is 13.3. The van der Waals surface area contributed by atoms with E-state index in [-0.39, 0.29) is 6.42 Å². The Morgan fingerprint density at radius 3 is 2.90 bits per heavy atom. The van der Waals surface area contributed by atoms with Gasteiger partial charge in [0, 0.05) is 6.04 Å². The number of rotatable bonds is 4. The number of aromatic nitrogens is 1. The van der Waals surface area contributed by atoms with E-state index in [2.05, 4.69) is 10.3 Å². The molecule has 2 N–H and O–H groups in total. The third-order valence-electron chi connectivity index (χ3n) is 3.74. The van der Waals surface area contributed by atoms with Crippen LogP contribution in [0, 0.1) is 0 Å². The monoisotopic (exact) mass is 290 g/mol. The van der Waals surface area contributed by atoms with Crippen LogP contribution in [0.25, 0.3) is 10.2 Å². The Hall–Kier alpha value is -1.62. The van der Waals surface area contributed by atoms with E-state index in [4.69, 9.17) is 5.11 Å². The van der Waals surface area contributed by atoms with E-state index in [1.807, 2.05) is 18.2 Å². The van der Waals surface area contributed by atoms with Gasteiger partial charge in [0.15, 0.2) is 5.13 Å². The van der Waals surface area contributed by atoms with Crippen molar-refractivity contribution >= 4 is 32.7 Å². The van der Waals surface area contributed by atoms with E-state index in [9.17, 15) is 4.79 Å². The normalized spacial score (nSPS) is 16.4. The molecule has 2 aromatic rings. The topological polar surface area (TPSA) is 62.2 Å². The number of hydrogen-bond acceptors (Lipinski definition) is 4. The maximum Gasteiger partial charge on any atom is 0.307 e. The molecule has 0 atom stereocenters. The summed E-state index contributed by atoms with van der Waals surface area (Å²) in [6, 6.07) is 6.24. The number of hydrogen-bond donors (Lipinski definition) is 2. The molecular formula is C15H18N2O2S. The Morgan fingerprint density at radius 2 is 2.15 bits per heavy atom. The van der Waals surface area contributed by atoms with Crippen LogP contribution in [0.5, 0.6) is 0 Å². The van der Waals surface area contributed by atoms with Gasteiger partial charge in [-0.15, -0.1) is 0 Å². The molecule has 0 aliphatic heterocycles. The molecule has 0 radical (unpaired) electrons. The molecule has 0 spiro atoms. The molecule has 0 saturated heterocycles. The number of carboxylic acids is 1. The predicted octanol–water partition coefficient (Wildman–Crippen LogP) is 3.67. The van der Waals surface area contributed by atoms with Crippen molar-refractivity contribution in [1.82, 2.24) is 4.98 Å². The van der Waals surface area contributed by atoms with Gasteiger partial charge in [0.1, 0.15) is 0 Å². The van der Waals surface area contributed by atoms with Crippen molar-refractivity contribution in [2.24, 2.45) is 0 Å². The van der Waals surface area contributed by atoms with Gasteiger partial charge in [0.05, 0.1) is 16.6 Å². The molecule has 0 unspecified atom stereocenters. The van der Waals surface area contributed by atoms with Gasteiger partial charge in [-0.3, -0.25) is 4.79 Å². The zero-order valence-electron chi connectivity index (χ0n) is 11.3. The SMILES string of the molecule is O=C(O)Cc1ccc2nc(NC3CCCCC3)sc2c1. The smallest absolute Gasteiger partial charge is 0.307 e. The maximum absolute atomic E-state index is 10.7. The summed E-state index contributed by atoms with van der Waals surface area (Å²) in [6.07, 6.45) is 6.45. The summed E-state index contributed by atoms with van der Waals surface area (Å²) in [6.45, 7) is 0. The average molecular weight is 290 g/mol. The number of nitrogens with one attached hydrogen (secondary N) is 1. The third kappa shape index (κ3) is 3.10. The minimum atomic E-state index is -0.797. The number of carbonyl (C=O) groups is 1. The molecule has 106 valence electrons. The van der Waals surface area contributed by atoms with Gasteiger partial charge in [-0.1, -0.05) is 36.7 Å². The van der Waals surface area contributed by atoms with Crippen molar-refractivity contribution in [3.63, 3.8) is 0 Å². The van der Waals surface area contributed by atoms with Gasteiger partial charge < -0.3 is 10.4 Å². The summed E-state index contributed by atoms with van der Waals surface area (Å²) < 4.78 is 1.06. The molecular weight excluding hydrogens is 272 g/mol. The summed E-state index contributed by atoms with van der Waals surface area (Å²) in [5.41, 5.74) is 1.78. The molecule has 1 heterocycles. The van der Waals surface area contributed by atoms with Gasteiger partial charge in [-0.2, -0.15) is 0 Å². The number of thiazole rings is 1. The molecule has 1 aliphatic rings. The Kier molecular flexibility index (Phi) is 3.87. The zero-order chi connectivity index (χ0) is 13.9. The van der Waals surface area contributed by atoms with Gasteiger partial charge >= 0.3 is 5.97 Å². The lowest BCUT2D eigenvalue weighted by molar-refractivity contribution is -0.136. The van der Waals surface area contributed by atoms with E-state index >= 15 is 0 Å². The highest BCUT2D eigenvalue weighted by Gasteiger charge is 2.15. The van der Waals surface area contributed by atoms with Gasteiger partial charge in [0.25, 0.3) is 0 Å². The van der Waals surface area contributed by atoms with Crippen molar-refractivity contribution in [3.8, 4) is 0 Å². The van der Waals surface area contributed by atoms with Crippen molar-refractivity contribution in [3.05, 3.63) is 23.8 Å². The largest absolute Gasteiger partial charge is 0.481 e. The minimum Gasteiger partial charge on any atom is -0.481 e. The van der Waals surface area contributed by atoms with E-state index < -0.39 is 5.97 Å². The second-order valence-electron chi connectivity index (χ2n) is 5.37. The molecule has 0 bridgehead atoms. The molecule has 1 aromatic carbocycles. The number of fused-ring (bicyclic) bond motifs is 1. The van der Waals surface area contributed by atoms with Crippen molar-refractivity contribution in [1.29, 1.82) is 0 Å². The molecule has 1 aliphatic carbocycles. The van der Waals surface area contributed by atoms with Crippen molar-refractivity contribution in [2.75, 3.05) is 5.32 Å². The molecule has 4 nitrogen and oxygen atoms in total. The lowest BCUT2D eigenvalue weighted by Crippen LogP contribution is -2.21. The van der Waals surface area contributed by atoms with Crippen LogP contribution in [0.15, 0.2) is 18.2 Å². The van der Waals surface area contributed by atoms with Gasteiger partial charge in [-0.25, -0.2) is 4.98 Å². The fourth-order valence-electron chi connectivity index (χ4n) is 2.74. The van der Waals surface area contributed by atoms with E-state index in [1.54, 1.807) is 11.3 Å². The first-order valence-electron chi connectivity index (χ1n) is 7.08. The minimum absolute atomic E-state index is 0.0687. The first-order chi connectivity index (χ1) is 9.70. The molecule has 20 heavy (non-hydrogen) atoms. The lowest BCUT2D eigenvalue weighted by atomic mass is 9.96. The van der Waals surface area contributed by atoms with Crippen LogP contribution < -0.4 is 5.32 Å². The van der Waals surface area contributed by atoms with Crippen LogP contribution in [0.3, 0.4) is 0 Å². The molecule has 0 amide bonds. The Bertz CT molecular complexity index is 617. The predicted molar refractivity (Wildman–Crippen MR) is 81.5 cm³/mol.